The van der Waals surface area contributed by atoms with E-state index in [2.05, 4.69) is 16.0 Å². The molecule has 1 aliphatic heterocycles. The van der Waals surface area contributed by atoms with Crippen LogP contribution in [0.1, 0.15) is 18.5 Å². The molecular weight excluding hydrogens is 392 g/mol. The lowest BCUT2D eigenvalue weighted by molar-refractivity contribution is -0.384. The predicted octanol–water partition coefficient (Wildman–Crippen LogP) is 2.88. The number of nitro benzene ring substituents is 1. The van der Waals surface area contributed by atoms with Crippen molar-refractivity contribution >= 4 is 23.3 Å². The number of allylic oxidation sites excluding steroid dienone is 1. The summed E-state index contributed by atoms with van der Waals surface area (Å²) < 4.78 is 10.6. The summed E-state index contributed by atoms with van der Waals surface area (Å²) in [6, 6.07) is 9.37. The Morgan fingerprint density at radius 2 is 1.77 bits per heavy atom. The van der Waals surface area contributed by atoms with Crippen molar-refractivity contribution in [2.24, 2.45) is 0 Å². The number of non-ortho nitro benzene ring substituents is 1. The lowest BCUT2D eigenvalue weighted by Gasteiger charge is -2.29. The summed E-state index contributed by atoms with van der Waals surface area (Å²) in [7, 11) is 3.00. The van der Waals surface area contributed by atoms with Crippen LogP contribution in [0.25, 0.3) is 0 Å². The summed E-state index contributed by atoms with van der Waals surface area (Å²) in [5, 5.41) is 18.8. The zero-order valence-electron chi connectivity index (χ0n) is 16.5. The molecule has 30 heavy (non-hydrogen) atoms. The molecule has 0 unspecified atom stereocenters. The van der Waals surface area contributed by atoms with Crippen LogP contribution >= 0.6 is 0 Å². The largest absolute Gasteiger partial charge is 0.493 e. The minimum absolute atomic E-state index is 0.0850. The van der Waals surface area contributed by atoms with E-state index in [0.29, 0.717) is 34.0 Å². The minimum atomic E-state index is -0.739. The summed E-state index contributed by atoms with van der Waals surface area (Å²) >= 11 is 0. The second kappa shape index (κ2) is 8.52. The van der Waals surface area contributed by atoms with Crippen LogP contribution in [-0.4, -0.2) is 31.1 Å². The second-order valence-corrected chi connectivity index (χ2v) is 6.44. The Bertz CT molecular complexity index is 1030. The number of ether oxygens (including phenoxy) is 2. The first kappa shape index (κ1) is 20.6. The molecule has 3 N–H and O–H groups in total. The van der Waals surface area contributed by atoms with E-state index in [1.54, 1.807) is 25.1 Å². The highest BCUT2D eigenvalue weighted by Gasteiger charge is 2.31. The van der Waals surface area contributed by atoms with Crippen molar-refractivity contribution in [2.75, 3.05) is 19.5 Å². The minimum Gasteiger partial charge on any atom is -0.493 e. The number of urea groups is 1. The summed E-state index contributed by atoms with van der Waals surface area (Å²) in [5.74, 6) is 0.503. The van der Waals surface area contributed by atoms with Gasteiger partial charge in [-0.25, -0.2) is 4.79 Å². The standard InChI is InChI=1S/C20H20N4O6/c1-11-17(19(25)22-13-5-7-14(8-6-13)24(27)28)18(23-20(26)21-11)12-4-9-15(29-2)16(10-12)30-3/h4-10,18H,1-3H3,(H,22,25)(H2,21,23,26)/t18-/m0/s1. The van der Waals surface area contributed by atoms with Crippen molar-refractivity contribution in [2.45, 2.75) is 13.0 Å². The van der Waals surface area contributed by atoms with E-state index in [0.717, 1.165) is 0 Å². The number of hydrogen-bond acceptors (Lipinski definition) is 6. The Balaban J connectivity index is 1.93. The van der Waals surface area contributed by atoms with Crippen molar-refractivity contribution in [3.8, 4) is 11.5 Å². The first-order valence-electron chi connectivity index (χ1n) is 8.90. The molecule has 1 heterocycles. The first-order valence-corrected chi connectivity index (χ1v) is 8.90. The lowest BCUT2D eigenvalue weighted by Crippen LogP contribution is -2.45. The number of anilines is 1. The summed E-state index contributed by atoms with van der Waals surface area (Å²) in [6.07, 6.45) is 0. The number of nitrogens with one attached hydrogen (secondary N) is 3. The normalized spacial score (nSPS) is 15.7. The number of amides is 3. The van der Waals surface area contributed by atoms with Crippen molar-refractivity contribution in [1.82, 2.24) is 10.6 Å². The molecule has 0 saturated heterocycles. The van der Waals surface area contributed by atoms with Gasteiger partial charge in [-0.15, -0.1) is 0 Å². The van der Waals surface area contributed by atoms with Gasteiger partial charge in [0.2, 0.25) is 0 Å². The molecule has 0 bridgehead atoms. The Morgan fingerprint density at radius 3 is 2.37 bits per heavy atom. The Kier molecular flexibility index (Phi) is 5.86. The fourth-order valence-corrected chi connectivity index (χ4v) is 3.14. The third kappa shape index (κ3) is 4.17. The average Bonchev–Trinajstić information content (AvgIpc) is 2.72. The van der Waals surface area contributed by atoms with Crippen molar-refractivity contribution < 1.29 is 24.0 Å². The molecule has 0 aliphatic carbocycles. The van der Waals surface area contributed by atoms with Gasteiger partial charge in [-0.1, -0.05) is 6.07 Å². The van der Waals surface area contributed by atoms with Crippen LogP contribution in [0.5, 0.6) is 11.5 Å². The van der Waals surface area contributed by atoms with Crippen LogP contribution in [0, 0.1) is 10.1 Å². The zero-order chi connectivity index (χ0) is 21.8. The Labute approximate surface area is 172 Å². The molecule has 0 saturated carbocycles. The van der Waals surface area contributed by atoms with Gasteiger partial charge in [0.25, 0.3) is 11.6 Å². The average molecular weight is 412 g/mol. The molecule has 0 aromatic heterocycles. The molecule has 1 atom stereocenters. The number of carbonyl (C=O) groups excluding carboxylic acids is 2. The van der Waals surface area contributed by atoms with Crippen molar-refractivity contribution in [1.29, 1.82) is 0 Å². The Hall–Kier alpha value is -4.08. The maximum Gasteiger partial charge on any atom is 0.319 e. The van der Waals surface area contributed by atoms with Gasteiger partial charge in [-0.05, 0) is 36.8 Å². The summed E-state index contributed by atoms with van der Waals surface area (Å²) in [5.41, 5.74) is 1.60. The maximum absolute atomic E-state index is 13.0. The fraction of sp³-hybridized carbons (Fsp3) is 0.200. The van der Waals surface area contributed by atoms with Crippen LogP contribution in [0.3, 0.4) is 0 Å². The number of nitrogens with zero attached hydrogens (tertiary/aromatic N) is 1. The predicted molar refractivity (Wildman–Crippen MR) is 108 cm³/mol. The van der Waals surface area contributed by atoms with Crippen LogP contribution < -0.4 is 25.4 Å². The molecule has 3 rings (SSSR count). The number of nitro groups is 1. The van der Waals surface area contributed by atoms with Gasteiger partial charge in [0.1, 0.15) is 0 Å². The van der Waals surface area contributed by atoms with Crippen LogP contribution in [0.4, 0.5) is 16.2 Å². The van der Waals surface area contributed by atoms with E-state index >= 15 is 0 Å². The Morgan fingerprint density at radius 1 is 1.10 bits per heavy atom. The highest BCUT2D eigenvalue weighted by molar-refractivity contribution is 6.06. The van der Waals surface area contributed by atoms with Crippen LogP contribution in [-0.2, 0) is 4.79 Å². The van der Waals surface area contributed by atoms with Gasteiger partial charge in [0.05, 0.1) is 30.8 Å². The molecule has 0 radical (unpaired) electrons. The summed E-state index contributed by atoms with van der Waals surface area (Å²) in [4.78, 5) is 35.3. The number of methoxy groups -OCH3 is 2. The second-order valence-electron chi connectivity index (χ2n) is 6.44. The van der Waals surface area contributed by atoms with Crippen LogP contribution in [0.15, 0.2) is 53.7 Å². The topological polar surface area (TPSA) is 132 Å². The van der Waals surface area contributed by atoms with Gasteiger partial charge >= 0.3 is 6.03 Å². The SMILES string of the molecule is COc1ccc([C@@H]2NC(=O)NC(C)=C2C(=O)Nc2ccc([N+](=O)[O-])cc2)cc1OC. The zero-order valence-corrected chi connectivity index (χ0v) is 16.5. The highest BCUT2D eigenvalue weighted by atomic mass is 16.6. The quantitative estimate of drug-likeness (QED) is 0.494. The van der Waals surface area contributed by atoms with Crippen LogP contribution in [0.2, 0.25) is 0 Å². The molecule has 0 spiro atoms. The third-order valence-electron chi connectivity index (χ3n) is 4.59. The smallest absolute Gasteiger partial charge is 0.319 e. The molecule has 2 aromatic rings. The fourth-order valence-electron chi connectivity index (χ4n) is 3.14. The first-order chi connectivity index (χ1) is 14.3. The van der Waals surface area contributed by atoms with E-state index in [1.807, 2.05) is 0 Å². The number of hydrogen-bond donors (Lipinski definition) is 3. The lowest BCUT2D eigenvalue weighted by atomic mass is 9.94. The van der Waals surface area contributed by atoms with Gasteiger partial charge in [0.15, 0.2) is 11.5 Å². The maximum atomic E-state index is 13.0. The number of rotatable bonds is 6. The molecule has 3 amide bonds. The molecule has 10 heteroatoms. The number of carbonyl (C=O) groups is 2. The van der Waals surface area contributed by atoms with Gasteiger partial charge in [-0.3, -0.25) is 14.9 Å². The van der Waals surface area contributed by atoms with E-state index in [4.69, 9.17) is 9.47 Å². The van der Waals surface area contributed by atoms with E-state index < -0.39 is 22.9 Å². The molecule has 10 nitrogen and oxygen atoms in total. The van der Waals surface area contributed by atoms with Crippen molar-refractivity contribution in [3.05, 3.63) is 69.4 Å². The van der Waals surface area contributed by atoms with Crippen molar-refractivity contribution in [3.63, 3.8) is 0 Å². The van der Waals surface area contributed by atoms with E-state index in [9.17, 15) is 19.7 Å². The molecule has 1 aliphatic rings. The van der Waals surface area contributed by atoms with Gasteiger partial charge in [-0.2, -0.15) is 0 Å². The third-order valence-corrected chi connectivity index (χ3v) is 4.59. The van der Waals surface area contributed by atoms with Gasteiger partial charge in [0, 0.05) is 23.5 Å². The molecular formula is C20H20N4O6. The number of benzene rings is 2. The highest BCUT2D eigenvalue weighted by Crippen LogP contribution is 2.34. The molecule has 0 fully saturated rings. The van der Waals surface area contributed by atoms with Gasteiger partial charge < -0.3 is 25.4 Å². The molecule has 2 aromatic carbocycles. The summed E-state index contributed by atoms with van der Waals surface area (Å²) in [6.45, 7) is 1.62. The van der Waals surface area contributed by atoms with E-state index in [1.165, 1.54) is 38.5 Å². The monoisotopic (exact) mass is 412 g/mol. The van der Waals surface area contributed by atoms with E-state index in [-0.39, 0.29) is 5.69 Å². The molecule has 156 valence electrons.